The zero-order valence-corrected chi connectivity index (χ0v) is 8.64. The number of nitrogens with zero attached hydrogens (tertiary/aromatic N) is 2. The third-order valence-corrected chi connectivity index (χ3v) is 2.24. The van der Waals surface area contributed by atoms with Crippen LogP contribution in [-0.4, -0.2) is 9.97 Å². The molecule has 0 unspecified atom stereocenters. The molecule has 0 radical (unpaired) electrons. The van der Waals surface area contributed by atoms with Crippen LogP contribution in [0.4, 0.5) is 5.69 Å². The van der Waals surface area contributed by atoms with Gasteiger partial charge in [-0.1, -0.05) is 6.07 Å². The van der Waals surface area contributed by atoms with E-state index < -0.39 is 0 Å². The molecule has 0 atom stereocenters. The lowest BCUT2D eigenvalue weighted by Crippen LogP contribution is -2.01. The summed E-state index contributed by atoms with van der Waals surface area (Å²) in [4.78, 5) is 8.14. The van der Waals surface area contributed by atoms with Crippen molar-refractivity contribution in [3.8, 4) is 0 Å². The lowest BCUT2D eigenvalue weighted by atomic mass is 10.2. The summed E-state index contributed by atoms with van der Waals surface area (Å²) in [7, 11) is 0. The SMILES string of the molecule is Cc1ccncc1NCc1cccnc1. The highest BCUT2D eigenvalue weighted by Crippen LogP contribution is 2.12. The Morgan fingerprint density at radius 2 is 2.00 bits per heavy atom. The first-order valence-electron chi connectivity index (χ1n) is 4.89. The number of anilines is 1. The molecule has 0 spiro atoms. The Balaban J connectivity index is 2.03. The topological polar surface area (TPSA) is 37.8 Å². The van der Waals surface area contributed by atoms with Gasteiger partial charge < -0.3 is 5.32 Å². The second kappa shape index (κ2) is 4.55. The number of pyridine rings is 2. The number of rotatable bonds is 3. The van der Waals surface area contributed by atoms with E-state index in [1.165, 1.54) is 11.1 Å². The monoisotopic (exact) mass is 199 g/mol. The molecule has 2 aromatic rings. The molecule has 76 valence electrons. The molecule has 0 aliphatic carbocycles. The smallest absolute Gasteiger partial charge is 0.0559 e. The lowest BCUT2D eigenvalue weighted by Gasteiger charge is -2.07. The van der Waals surface area contributed by atoms with Crippen molar-refractivity contribution < 1.29 is 0 Å². The molecule has 0 saturated carbocycles. The second-order valence-corrected chi connectivity index (χ2v) is 3.41. The predicted molar refractivity (Wildman–Crippen MR) is 60.5 cm³/mol. The van der Waals surface area contributed by atoms with E-state index in [2.05, 4.69) is 22.2 Å². The molecule has 0 amide bonds. The number of aromatic nitrogens is 2. The Bertz CT molecular complexity index is 426. The van der Waals surface area contributed by atoms with Gasteiger partial charge in [0.2, 0.25) is 0 Å². The minimum atomic E-state index is 0.778. The third kappa shape index (κ3) is 2.53. The first kappa shape index (κ1) is 9.65. The molecular formula is C12H13N3. The molecule has 0 bridgehead atoms. The van der Waals surface area contributed by atoms with Gasteiger partial charge in [-0.25, -0.2) is 0 Å². The van der Waals surface area contributed by atoms with Crippen LogP contribution in [0.25, 0.3) is 0 Å². The van der Waals surface area contributed by atoms with Crippen molar-refractivity contribution in [1.29, 1.82) is 0 Å². The fourth-order valence-electron chi connectivity index (χ4n) is 1.35. The molecule has 0 aliphatic rings. The zero-order valence-electron chi connectivity index (χ0n) is 8.64. The van der Waals surface area contributed by atoms with Crippen LogP contribution in [0.15, 0.2) is 43.0 Å². The Morgan fingerprint density at radius 3 is 2.73 bits per heavy atom. The van der Waals surface area contributed by atoms with Crippen LogP contribution >= 0.6 is 0 Å². The molecule has 0 aliphatic heterocycles. The van der Waals surface area contributed by atoms with Gasteiger partial charge in [0.25, 0.3) is 0 Å². The van der Waals surface area contributed by atoms with Crippen molar-refractivity contribution in [1.82, 2.24) is 9.97 Å². The predicted octanol–water partition coefficient (Wildman–Crippen LogP) is 2.40. The Morgan fingerprint density at radius 1 is 1.13 bits per heavy atom. The maximum Gasteiger partial charge on any atom is 0.0559 e. The Hall–Kier alpha value is -1.90. The highest BCUT2D eigenvalue weighted by atomic mass is 14.9. The zero-order chi connectivity index (χ0) is 10.5. The highest BCUT2D eigenvalue weighted by Gasteiger charge is 1.96. The van der Waals surface area contributed by atoms with Crippen molar-refractivity contribution in [3.05, 3.63) is 54.1 Å². The van der Waals surface area contributed by atoms with Gasteiger partial charge in [-0.3, -0.25) is 9.97 Å². The van der Waals surface area contributed by atoms with E-state index in [0.29, 0.717) is 0 Å². The summed E-state index contributed by atoms with van der Waals surface area (Å²) in [6.07, 6.45) is 7.27. The summed E-state index contributed by atoms with van der Waals surface area (Å²) in [5, 5.41) is 3.33. The fourth-order valence-corrected chi connectivity index (χ4v) is 1.35. The van der Waals surface area contributed by atoms with Gasteiger partial charge in [0.05, 0.1) is 11.9 Å². The Kier molecular flexibility index (Phi) is 2.93. The van der Waals surface area contributed by atoms with Crippen LogP contribution in [0, 0.1) is 6.92 Å². The van der Waals surface area contributed by atoms with Gasteiger partial charge in [0.15, 0.2) is 0 Å². The van der Waals surface area contributed by atoms with Crippen LogP contribution in [-0.2, 0) is 6.54 Å². The standard InChI is InChI=1S/C12H13N3/c1-10-4-6-14-9-12(10)15-8-11-3-2-5-13-7-11/h2-7,9,15H,8H2,1H3. The van der Waals surface area contributed by atoms with Crippen LogP contribution in [0.2, 0.25) is 0 Å². The summed E-state index contributed by atoms with van der Waals surface area (Å²) in [6, 6.07) is 5.98. The molecule has 1 N–H and O–H groups in total. The van der Waals surface area contributed by atoms with E-state index in [0.717, 1.165) is 12.2 Å². The minimum absolute atomic E-state index is 0.778. The summed E-state index contributed by atoms with van der Waals surface area (Å²) >= 11 is 0. The average Bonchev–Trinajstić information content (AvgIpc) is 2.29. The fraction of sp³-hybridized carbons (Fsp3) is 0.167. The average molecular weight is 199 g/mol. The maximum atomic E-state index is 4.08. The molecule has 3 nitrogen and oxygen atoms in total. The van der Waals surface area contributed by atoms with Crippen LogP contribution in [0.3, 0.4) is 0 Å². The number of hydrogen-bond acceptors (Lipinski definition) is 3. The second-order valence-electron chi connectivity index (χ2n) is 3.41. The van der Waals surface area contributed by atoms with E-state index in [-0.39, 0.29) is 0 Å². The normalized spacial score (nSPS) is 9.93. The van der Waals surface area contributed by atoms with Crippen LogP contribution in [0.1, 0.15) is 11.1 Å². The molecule has 2 aromatic heterocycles. The first-order valence-corrected chi connectivity index (χ1v) is 4.89. The van der Waals surface area contributed by atoms with Gasteiger partial charge >= 0.3 is 0 Å². The van der Waals surface area contributed by atoms with Crippen molar-refractivity contribution >= 4 is 5.69 Å². The van der Waals surface area contributed by atoms with Gasteiger partial charge in [0, 0.05) is 25.1 Å². The van der Waals surface area contributed by atoms with Crippen molar-refractivity contribution in [2.75, 3.05) is 5.32 Å². The quantitative estimate of drug-likeness (QED) is 0.824. The van der Waals surface area contributed by atoms with E-state index in [4.69, 9.17) is 0 Å². The molecule has 2 heterocycles. The molecule has 15 heavy (non-hydrogen) atoms. The summed E-state index contributed by atoms with van der Waals surface area (Å²) in [6.45, 7) is 2.84. The Labute approximate surface area is 89.2 Å². The van der Waals surface area contributed by atoms with E-state index >= 15 is 0 Å². The van der Waals surface area contributed by atoms with Gasteiger partial charge in [0.1, 0.15) is 0 Å². The summed E-state index contributed by atoms with van der Waals surface area (Å²) in [5.41, 5.74) is 3.44. The van der Waals surface area contributed by atoms with Gasteiger partial charge in [-0.2, -0.15) is 0 Å². The largest absolute Gasteiger partial charge is 0.379 e. The van der Waals surface area contributed by atoms with Crippen LogP contribution in [0.5, 0.6) is 0 Å². The third-order valence-electron chi connectivity index (χ3n) is 2.24. The van der Waals surface area contributed by atoms with E-state index in [1.807, 2.05) is 30.6 Å². The molecular weight excluding hydrogens is 186 g/mol. The first-order chi connectivity index (χ1) is 7.36. The number of hydrogen-bond donors (Lipinski definition) is 1. The summed E-state index contributed by atoms with van der Waals surface area (Å²) < 4.78 is 0. The van der Waals surface area contributed by atoms with E-state index in [1.54, 1.807) is 12.4 Å². The molecule has 0 saturated heterocycles. The van der Waals surface area contributed by atoms with Crippen molar-refractivity contribution in [2.24, 2.45) is 0 Å². The highest BCUT2D eigenvalue weighted by molar-refractivity contribution is 5.48. The van der Waals surface area contributed by atoms with E-state index in [9.17, 15) is 0 Å². The van der Waals surface area contributed by atoms with Gasteiger partial charge in [-0.05, 0) is 30.2 Å². The molecule has 0 aromatic carbocycles. The number of aryl methyl sites for hydroxylation is 1. The van der Waals surface area contributed by atoms with Crippen molar-refractivity contribution in [3.63, 3.8) is 0 Å². The van der Waals surface area contributed by atoms with Crippen LogP contribution < -0.4 is 5.32 Å². The molecule has 3 heteroatoms. The molecule has 2 rings (SSSR count). The summed E-state index contributed by atoms with van der Waals surface area (Å²) in [5.74, 6) is 0. The molecule has 0 fully saturated rings. The van der Waals surface area contributed by atoms with Crippen molar-refractivity contribution in [2.45, 2.75) is 13.5 Å². The lowest BCUT2D eigenvalue weighted by molar-refractivity contribution is 1.10. The maximum absolute atomic E-state index is 4.08. The van der Waals surface area contributed by atoms with Gasteiger partial charge in [-0.15, -0.1) is 0 Å². The minimum Gasteiger partial charge on any atom is -0.379 e. The number of nitrogens with one attached hydrogen (secondary N) is 1.